The van der Waals surface area contributed by atoms with E-state index in [2.05, 4.69) is 20.7 Å². The lowest BCUT2D eigenvalue weighted by atomic mass is 10.1. The summed E-state index contributed by atoms with van der Waals surface area (Å²) in [6.07, 6.45) is -0.731. The monoisotopic (exact) mass is 342 g/mol. The third-order valence-corrected chi connectivity index (χ3v) is 3.78. The highest BCUT2D eigenvalue weighted by atomic mass is 79.9. The molecule has 6 nitrogen and oxygen atoms in total. The number of anilines is 1. The van der Waals surface area contributed by atoms with Crippen LogP contribution in [0.3, 0.4) is 0 Å². The summed E-state index contributed by atoms with van der Waals surface area (Å²) >= 11 is 3.28. The Kier molecular flexibility index (Phi) is 4.61. The first-order valence-electron chi connectivity index (χ1n) is 6.06. The number of rotatable bonds is 2. The van der Waals surface area contributed by atoms with Crippen LogP contribution in [0.25, 0.3) is 0 Å². The first-order chi connectivity index (χ1) is 9.52. The fourth-order valence-electron chi connectivity index (χ4n) is 1.97. The predicted octanol–water partition coefficient (Wildman–Crippen LogP) is 1.05. The normalized spacial score (nSPS) is 18.7. The van der Waals surface area contributed by atoms with Crippen LogP contribution >= 0.6 is 15.9 Å². The number of esters is 1. The zero-order valence-electron chi connectivity index (χ0n) is 11.0. The highest BCUT2D eigenvalue weighted by Gasteiger charge is 2.30. The minimum Gasteiger partial charge on any atom is -0.467 e. The van der Waals surface area contributed by atoms with Gasteiger partial charge in [-0.3, -0.25) is 4.79 Å². The molecular weight excluding hydrogens is 328 g/mol. The fourth-order valence-corrected chi connectivity index (χ4v) is 2.21. The Hall–Kier alpha value is -1.60. The molecule has 1 aromatic rings. The van der Waals surface area contributed by atoms with Gasteiger partial charge in [0.2, 0.25) is 0 Å². The maximum atomic E-state index is 12.4. The molecule has 1 heterocycles. The van der Waals surface area contributed by atoms with Crippen LogP contribution in [0.5, 0.6) is 0 Å². The van der Waals surface area contributed by atoms with E-state index in [1.807, 2.05) is 0 Å². The van der Waals surface area contributed by atoms with Crippen molar-refractivity contribution in [1.82, 2.24) is 4.90 Å². The average Bonchev–Trinajstić information content (AvgIpc) is 2.48. The van der Waals surface area contributed by atoms with E-state index >= 15 is 0 Å². The van der Waals surface area contributed by atoms with Gasteiger partial charge in [-0.2, -0.15) is 0 Å². The van der Waals surface area contributed by atoms with Gasteiger partial charge >= 0.3 is 5.97 Å². The Morgan fingerprint density at radius 2 is 2.25 bits per heavy atom. The molecule has 0 saturated carbocycles. The van der Waals surface area contributed by atoms with E-state index < -0.39 is 12.1 Å². The molecule has 1 unspecified atom stereocenters. The standard InChI is InChI=1S/C13H15BrN2O4/c1-19-13(18)11-7-16(4-5-20-11)12(17)8-2-3-9(14)10(15)6-8/h2-3,6,11H,4-5,7,15H2,1H3. The summed E-state index contributed by atoms with van der Waals surface area (Å²) in [5, 5.41) is 0. The average molecular weight is 343 g/mol. The quantitative estimate of drug-likeness (QED) is 0.641. The predicted molar refractivity (Wildman–Crippen MR) is 76.2 cm³/mol. The summed E-state index contributed by atoms with van der Waals surface area (Å²) in [4.78, 5) is 25.4. The van der Waals surface area contributed by atoms with E-state index in [1.165, 1.54) is 7.11 Å². The lowest BCUT2D eigenvalue weighted by Crippen LogP contribution is -2.48. The van der Waals surface area contributed by atoms with Gasteiger partial charge in [-0.25, -0.2) is 4.79 Å². The summed E-state index contributed by atoms with van der Waals surface area (Å²) in [6, 6.07) is 5.02. The summed E-state index contributed by atoms with van der Waals surface area (Å²) in [5.74, 6) is -0.653. The van der Waals surface area contributed by atoms with Crippen molar-refractivity contribution in [3.05, 3.63) is 28.2 Å². The zero-order chi connectivity index (χ0) is 14.7. The Morgan fingerprint density at radius 3 is 2.90 bits per heavy atom. The number of nitrogens with two attached hydrogens (primary N) is 1. The molecule has 2 rings (SSSR count). The fraction of sp³-hybridized carbons (Fsp3) is 0.385. The number of hydrogen-bond acceptors (Lipinski definition) is 5. The molecule has 0 bridgehead atoms. The van der Waals surface area contributed by atoms with Crippen molar-refractivity contribution >= 4 is 33.5 Å². The molecule has 1 amide bonds. The van der Waals surface area contributed by atoms with Crippen LogP contribution in [0, 0.1) is 0 Å². The van der Waals surface area contributed by atoms with Gasteiger partial charge in [0.05, 0.1) is 20.3 Å². The van der Waals surface area contributed by atoms with Crippen LogP contribution in [0.2, 0.25) is 0 Å². The number of halogens is 1. The third-order valence-electron chi connectivity index (χ3n) is 3.06. The Balaban J connectivity index is 2.12. The summed E-state index contributed by atoms with van der Waals surface area (Å²) in [5.41, 5.74) is 6.75. The molecule has 20 heavy (non-hydrogen) atoms. The molecule has 1 atom stereocenters. The van der Waals surface area contributed by atoms with Gasteiger partial charge in [0, 0.05) is 22.3 Å². The van der Waals surface area contributed by atoms with Crippen LogP contribution < -0.4 is 5.73 Å². The number of amides is 1. The minimum absolute atomic E-state index is 0.179. The van der Waals surface area contributed by atoms with Gasteiger partial charge in [0.1, 0.15) is 0 Å². The number of benzene rings is 1. The van der Waals surface area contributed by atoms with Crippen molar-refractivity contribution in [3.63, 3.8) is 0 Å². The molecule has 2 N–H and O–H groups in total. The lowest BCUT2D eigenvalue weighted by Gasteiger charge is -2.31. The van der Waals surface area contributed by atoms with Gasteiger partial charge in [0.25, 0.3) is 5.91 Å². The smallest absolute Gasteiger partial charge is 0.336 e. The van der Waals surface area contributed by atoms with Crippen LogP contribution in [0.1, 0.15) is 10.4 Å². The molecule has 0 aromatic heterocycles. The molecule has 1 fully saturated rings. The van der Waals surface area contributed by atoms with Gasteiger partial charge in [-0.1, -0.05) is 0 Å². The molecule has 1 aromatic carbocycles. The molecule has 0 aliphatic carbocycles. The molecule has 0 spiro atoms. The number of hydrogen-bond donors (Lipinski definition) is 1. The first-order valence-corrected chi connectivity index (χ1v) is 6.86. The van der Waals surface area contributed by atoms with Crippen LogP contribution in [0.4, 0.5) is 5.69 Å². The van der Waals surface area contributed by atoms with Crippen molar-refractivity contribution < 1.29 is 19.1 Å². The van der Waals surface area contributed by atoms with Gasteiger partial charge in [-0.15, -0.1) is 0 Å². The molecule has 0 radical (unpaired) electrons. The number of methoxy groups -OCH3 is 1. The molecule has 1 aliphatic rings. The van der Waals surface area contributed by atoms with Crippen molar-refractivity contribution in [3.8, 4) is 0 Å². The number of carbonyl (C=O) groups is 2. The van der Waals surface area contributed by atoms with Gasteiger partial charge < -0.3 is 20.1 Å². The molecular formula is C13H15BrN2O4. The van der Waals surface area contributed by atoms with Crippen molar-refractivity contribution in [2.24, 2.45) is 0 Å². The van der Waals surface area contributed by atoms with E-state index in [-0.39, 0.29) is 12.5 Å². The van der Waals surface area contributed by atoms with Crippen molar-refractivity contribution in [2.45, 2.75) is 6.10 Å². The lowest BCUT2D eigenvalue weighted by molar-refractivity contribution is -0.158. The third kappa shape index (κ3) is 3.10. The van der Waals surface area contributed by atoms with Gasteiger partial charge in [0.15, 0.2) is 6.10 Å². The van der Waals surface area contributed by atoms with Crippen LogP contribution in [-0.2, 0) is 14.3 Å². The molecule has 1 saturated heterocycles. The Labute approximate surface area is 124 Å². The largest absolute Gasteiger partial charge is 0.467 e. The number of morpholine rings is 1. The number of nitrogens with zero attached hydrogens (tertiary/aromatic N) is 1. The summed E-state index contributed by atoms with van der Waals surface area (Å²) < 4.78 is 10.7. The zero-order valence-corrected chi connectivity index (χ0v) is 12.6. The second-order valence-corrected chi connectivity index (χ2v) is 5.22. The van der Waals surface area contributed by atoms with E-state index in [0.29, 0.717) is 24.4 Å². The van der Waals surface area contributed by atoms with E-state index in [1.54, 1.807) is 23.1 Å². The van der Waals surface area contributed by atoms with E-state index in [4.69, 9.17) is 10.5 Å². The second kappa shape index (κ2) is 6.23. The Bertz CT molecular complexity index is 535. The summed E-state index contributed by atoms with van der Waals surface area (Å²) in [7, 11) is 1.29. The maximum absolute atomic E-state index is 12.4. The van der Waals surface area contributed by atoms with Crippen LogP contribution in [0.15, 0.2) is 22.7 Å². The molecule has 7 heteroatoms. The van der Waals surface area contributed by atoms with Crippen molar-refractivity contribution in [2.75, 3.05) is 32.5 Å². The molecule has 108 valence electrons. The maximum Gasteiger partial charge on any atom is 0.336 e. The van der Waals surface area contributed by atoms with E-state index in [0.717, 1.165) is 4.47 Å². The van der Waals surface area contributed by atoms with Crippen LogP contribution in [-0.4, -0.2) is 49.7 Å². The highest BCUT2D eigenvalue weighted by molar-refractivity contribution is 9.10. The first kappa shape index (κ1) is 14.8. The minimum atomic E-state index is -0.731. The molecule has 1 aliphatic heterocycles. The summed E-state index contributed by atoms with van der Waals surface area (Å²) in [6.45, 7) is 0.918. The van der Waals surface area contributed by atoms with Gasteiger partial charge in [-0.05, 0) is 34.1 Å². The van der Waals surface area contributed by atoms with Crippen molar-refractivity contribution in [1.29, 1.82) is 0 Å². The number of nitrogen functional groups attached to an aromatic ring is 1. The second-order valence-electron chi connectivity index (χ2n) is 4.37. The van der Waals surface area contributed by atoms with E-state index in [9.17, 15) is 9.59 Å². The topological polar surface area (TPSA) is 81.9 Å². The Morgan fingerprint density at radius 1 is 1.50 bits per heavy atom. The SMILES string of the molecule is COC(=O)C1CN(C(=O)c2ccc(Br)c(N)c2)CCO1. The number of ether oxygens (including phenoxy) is 2. The highest BCUT2D eigenvalue weighted by Crippen LogP contribution is 2.21. The number of carbonyl (C=O) groups excluding carboxylic acids is 2.